The molecule has 55 heavy (non-hydrogen) atoms. The van der Waals surface area contributed by atoms with Gasteiger partial charge in [0.15, 0.2) is 0 Å². The normalized spacial score (nSPS) is 13.8. The van der Waals surface area contributed by atoms with E-state index in [-0.39, 0.29) is 5.41 Å². The van der Waals surface area contributed by atoms with Gasteiger partial charge in [-0.05, 0) is 123 Å². The van der Waals surface area contributed by atoms with Gasteiger partial charge in [-0.25, -0.2) is 0 Å². The average Bonchev–Trinajstić information content (AvgIpc) is 3.36. The van der Waals surface area contributed by atoms with Gasteiger partial charge >= 0.3 is 0 Å². The highest BCUT2D eigenvalue weighted by molar-refractivity contribution is 6.22. The van der Waals surface area contributed by atoms with E-state index in [2.05, 4.69) is 208 Å². The number of rotatable bonds is 3. The molecule has 0 saturated heterocycles. The smallest absolute Gasteiger partial charge is 0.0488 e. The Morgan fingerprint density at radius 2 is 0.964 bits per heavy atom. The summed E-state index contributed by atoms with van der Waals surface area (Å²) in [5.41, 5.74) is 17.7. The van der Waals surface area contributed by atoms with Crippen molar-refractivity contribution in [2.75, 3.05) is 11.9 Å². The summed E-state index contributed by atoms with van der Waals surface area (Å²) in [6.45, 7) is 4.75. The van der Waals surface area contributed by atoms with Crippen LogP contribution in [0.3, 0.4) is 0 Å². The van der Waals surface area contributed by atoms with Crippen LogP contribution in [0.15, 0.2) is 170 Å². The number of nitrogens with zero attached hydrogens (tertiary/aromatic N) is 1. The molecule has 1 heteroatoms. The van der Waals surface area contributed by atoms with Gasteiger partial charge in [0.05, 0.1) is 0 Å². The minimum Gasteiger partial charge on any atom is -0.344 e. The summed E-state index contributed by atoms with van der Waals surface area (Å²) in [4.78, 5) is 2.34. The Morgan fingerprint density at radius 3 is 1.82 bits per heavy atom. The van der Waals surface area contributed by atoms with Gasteiger partial charge in [0.25, 0.3) is 0 Å². The molecule has 0 atom stereocenters. The van der Waals surface area contributed by atoms with E-state index >= 15 is 0 Å². The SMILES string of the molecule is CN1c2ccccc2C=Cc2ccc(-c3c4ccccc4c(-c4ccc5c(c4)C(C)(C)c4ccccc4-5)c4cc(-c5cccc6ccccc56)ccc34)cc21. The largest absolute Gasteiger partial charge is 0.344 e. The highest BCUT2D eigenvalue weighted by Crippen LogP contribution is 2.52. The van der Waals surface area contributed by atoms with Gasteiger partial charge in [-0.15, -0.1) is 0 Å². The summed E-state index contributed by atoms with van der Waals surface area (Å²) < 4.78 is 0. The summed E-state index contributed by atoms with van der Waals surface area (Å²) in [6.07, 6.45) is 4.49. The van der Waals surface area contributed by atoms with Gasteiger partial charge in [0.2, 0.25) is 0 Å². The average molecular weight is 702 g/mol. The topological polar surface area (TPSA) is 3.24 Å². The van der Waals surface area contributed by atoms with Crippen molar-refractivity contribution in [1.82, 2.24) is 0 Å². The minimum atomic E-state index is -0.0947. The van der Waals surface area contributed by atoms with Gasteiger partial charge in [-0.3, -0.25) is 0 Å². The summed E-state index contributed by atoms with van der Waals surface area (Å²) in [6, 6.07) is 63.5. The van der Waals surface area contributed by atoms with Crippen LogP contribution in [0.4, 0.5) is 11.4 Å². The Labute approximate surface area is 322 Å². The van der Waals surface area contributed by atoms with Crippen LogP contribution in [0.2, 0.25) is 0 Å². The van der Waals surface area contributed by atoms with Crippen LogP contribution in [0, 0.1) is 0 Å². The number of fused-ring (bicyclic) bond motifs is 8. The van der Waals surface area contributed by atoms with Crippen molar-refractivity contribution in [3.63, 3.8) is 0 Å². The number of para-hydroxylation sites is 1. The second-order valence-electron chi connectivity index (χ2n) is 15.7. The molecule has 9 aromatic carbocycles. The Bertz CT molecular complexity index is 3080. The molecule has 2 aliphatic rings. The first-order valence-corrected chi connectivity index (χ1v) is 19.3. The highest BCUT2D eigenvalue weighted by atomic mass is 15.1. The van der Waals surface area contributed by atoms with Crippen LogP contribution < -0.4 is 4.90 Å². The third-order valence-corrected chi connectivity index (χ3v) is 12.4. The zero-order valence-corrected chi connectivity index (χ0v) is 31.3. The molecule has 0 unspecified atom stereocenters. The van der Waals surface area contributed by atoms with E-state index in [1.54, 1.807) is 0 Å². The second-order valence-corrected chi connectivity index (χ2v) is 15.7. The zero-order valence-electron chi connectivity index (χ0n) is 31.3. The van der Waals surface area contributed by atoms with Crippen molar-refractivity contribution >= 4 is 55.8 Å². The van der Waals surface area contributed by atoms with E-state index in [9.17, 15) is 0 Å². The summed E-state index contributed by atoms with van der Waals surface area (Å²) in [5.74, 6) is 0. The third kappa shape index (κ3) is 4.73. The fourth-order valence-corrected chi connectivity index (χ4v) is 9.68. The van der Waals surface area contributed by atoms with Crippen molar-refractivity contribution in [1.29, 1.82) is 0 Å². The zero-order chi connectivity index (χ0) is 36.8. The molecule has 0 N–H and O–H groups in total. The molecule has 11 rings (SSSR count). The lowest BCUT2D eigenvalue weighted by atomic mass is 9.80. The summed E-state index contributed by atoms with van der Waals surface area (Å²) in [5, 5.41) is 7.57. The molecule has 0 saturated carbocycles. The number of hydrogen-bond acceptors (Lipinski definition) is 1. The predicted molar refractivity (Wildman–Crippen MR) is 236 cm³/mol. The van der Waals surface area contributed by atoms with Crippen molar-refractivity contribution in [3.8, 4) is 44.5 Å². The lowest BCUT2D eigenvalue weighted by molar-refractivity contribution is 0.660. The molecule has 0 bridgehead atoms. The van der Waals surface area contributed by atoms with Gasteiger partial charge in [0.1, 0.15) is 0 Å². The quantitative estimate of drug-likeness (QED) is 0.166. The van der Waals surface area contributed by atoms with Crippen molar-refractivity contribution in [3.05, 3.63) is 192 Å². The molecular formula is C54H39N. The summed E-state index contributed by atoms with van der Waals surface area (Å²) >= 11 is 0. The molecule has 9 aromatic rings. The van der Waals surface area contributed by atoms with E-state index in [1.165, 1.54) is 110 Å². The Balaban J connectivity index is 1.21. The lowest BCUT2D eigenvalue weighted by Gasteiger charge is -2.24. The standard InChI is InChI=1S/C54H39N/c1-54(2)48-21-10-9-17-42(48)43-29-28-38(32-49(43)54)53-45-19-8-7-18-44(45)52(39-26-25-36-24-23-35-14-5-11-22-50(35)55(3)51(36)33-39)46-30-27-37(31-47(46)53)41-20-12-15-34-13-4-6-16-40(34)41/h4-33H,1-3H3. The molecule has 0 fully saturated rings. The predicted octanol–water partition coefficient (Wildman–Crippen LogP) is 14.7. The van der Waals surface area contributed by atoms with Crippen LogP contribution in [-0.4, -0.2) is 7.05 Å². The van der Waals surface area contributed by atoms with E-state index in [4.69, 9.17) is 0 Å². The van der Waals surface area contributed by atoms with E-state index in [0.29, 0.717) is 0 Å². The second kappa shape index (κ2) is 11.9. The third-order valence-electron chi connectivity index (χ3n) is 12.4. The minimum absolute atomic E-state index is 0.0947. The first-order valence-electron chi connectivity index (χ1n) is 19.3. The van der Waals surface area contributed by atoms with E-state index in [0.717, 1.165) is 0 Å². The Morgan fingerprint density at radius 1 is 0.382 bits per heavy atom. The molecule has 0 radical (unpaired) electrons. The van der Waals surface area contributed by atoms with Gasteiger partial charge in [-0.2, -0.15) is 0 Å². The van der Waals surface area contributed by atoms with Crippen molar-refractivity contribution < 1.29 is 0 Å². The van der Waals surface area contributed by atoms with E-state index < -0.39 is 0 Å². The Hall–Kier alpha value is -6.70. The number of anilines is 2. The van der Waals surface area contributed by atoms with Crippen molar-refractivity contribution in [2.45, 2.75) is 19.3 Å². The van der Waals surface area contributed by atoms with Gasteiger partial charge in [-0.1, -0.05) is 172 Å². The molecule has 0 spiro atoms. The van der Waals surface area contributed by atoms with Gasteiger partial charge in [0, 0.05) is 23.8 Å². The first-order chi connectivity index (χ1) is 27.0. The molecule has 1 heterocycles. The molecule has 0 aromatic heterocycles. The van der Waals surface area contributed by atoms with Crippen LogP contribution in [0.5, 0.6) is 0 Å². The van der Waals surface area contributed by atoms with Crippen LogP contribution in [-0.2, 0) is 5.41 Å². The maximum Gasteiger partial charge on any atom is 0.0488 e. The Kier molecular flexibility index (Phi) is 6.88. The van der Waals surface area contributed by atoms with E-state index in [1.807, 2.05) is 0 Å². The fraction of sp³-hybridized carbons (Fsp3) is 0.0741. The van der Waals surface area contributed by atoms with Crippen molar-refractivity contribution in [2.24, 2.45) is 0 Å². The first kappa shape index (κ1) is 31.8. The van der Waals surface area contributed by atoms with Gasteiger partial charge < -0.3 is 4.90 Å². The van der Waals surface area contributed by atoms with Crippen LogP contribution in [0.1, 0.15) is 36.1 Å². The molecule has 260 valence electrons. The molecular weight excluding hydrogens is 663 g/mol. The number of hydrogen-bond donors (Lipinski definition) is 0. The maximum atomic E-state index is 2.49. The highest BCUT2D eigenvalue weighted by Gasteiger charge is 2.35. The molecule has 1 nitrogen and oxygen atoms in total. The maximum absolute atomic E-state index is 2.49. The summed E-state index contributed by atoms with van der Waals surface area (Å²) in [7, 11) is 2.19. The van der Waals surface area contributed by atoms with Crippen LogP contribution in [0.25, 0.3) is 89.0 Å². The lowest BCUT2D eigenvalue weighted by Crippen LogP contribution is -2.14. The molecule has 0 amide bonds. The fourth-order valence-electron chi connectivity index (χ4n) is 9.68. The number of benzene rings is 9. The molecule has 1 aliphatic heterocycles. The monoisotopic (exact) mass is 701 g/mol. The molecule has 1 aliphatic carbocycles. The van der Waals surface area contributed by atoms with Crippen LogP contribution >= 0.6 is 0 Å².